The molecule has 0 spiro atoms. The van der Waals surface area contributed by atoms with Gasteiger partial charge in [-0.2, -0.15) is 36.4 Å². The van der Waals surface area contributed by atoms with Crippen LogP contribution in [0.2, 0.25) is 0 Å². The van der Waals surface area contributed by atoms with Crippen LogP contribution >= 0.6 is 0 Å². The van der Waals surface area contributed by atoms with Crippen molar-refractivity contribution in [2.45, 2.75) is 12.5 Å². The van der Waals surface area contributed by atoms with Crippen molar-refractivity contribution in [2.24, 2.45) is 4.99 Å². The van der Waals surface area contributed by atoms with Gasteiger partial charge in [-0.15, -0.1) is 0 Å². The first-order valence-corrected chi connectivity index (χ1v) is 9.60. The molecule has 3 aromatic carbocycles. The first kappa shape index (κ1) is 22.6. The van der Waals surface area contributed by atoms with E-state index in [-0.39, 0.29) is 39.0 Å². The largest absolute Gasteiger partial charge is 2.00 e. The molecule has 31 heavy (non-hydrogen) atoms. The summed E-state index contributed by atoms with van der Waals surface area (Å²) in [5.41, 5.74) is 2.75. The third-order valence-corrected chi connectivity index (χ3v) is 4.65. The Balaban J connectivity index is 0.000000338. The topological polar surface area (TPSA) is 66.9 Å². The molecular formula is C25H20CdN3O2+. The Morgan fingerprint density at radius 2 is 1.65 bits per heavy atom. The van der Waals surface area contributed by atoms with Crippen LogP contribution in [0.15, 0.2) is 96.1 Å². The van der Waals surface area contributed by atoms with Crippen LogP contribution in [0.3, 0.4) is 0 Å². The molecule has 0 aromatic heterocycles. The zero-order valence-corrected chi connectivity index (χ0v) is 20.9. The van der Waals surface area contributed by atoms with Crippen LogP contribution < -0.4 is 4.99 Å². The Labute approximate surface area is 201 Å². The van der Waals surface area contributed by atoms with E-state index in [1.165, 1.54) is 0 Å². The second-order valence-corrected chi connectivity index (χ2v) is 6.78. The van der Waals surface area contributed by atoms with Crippen molar-refractivity contribution >= 4 is 23.7 Å². The second-order valence-electron chi connectivity index (χ2n) is 6.78. The smallest absolute Gasteiger partial charge is 0.508 e. The first-order chi connectivity index (χ1) is 14.7. The summed E-state index contributed by atoms with van der Waals surface area (Å²) in [5, 5.41) is 9.35. The molecule has 2 heterocycles. The van der Waals surface area contributed by atoms with Crippen LogP contribution in [-0.4, -0.2) is 34.0 Å². The molecule has 3 aromatic rings. The molecule has 1 unspecified atom stereocenters. The van der Waals surface area contributed by atoms with E-state index in [1.54, 1.807) is 35.4 Å². The predicted octanol–water partition coefficient (Wildman–Crippen LogP) is 2.07. The molecule has 2 aliphatic heterocycles. The average molecular weight is 507 g/mol. The molecule has 5 rings (SSSR count). The molecule has 0 fully saturated rings. The molecule has 0 saturated heterocycles. The number of fused-ring (bicyclic) bond motifs is 1. The van der Waals surface area contributed by atoms with E-state index in [0.29, 0.717) is 12.3 Å². The number of carbonyl (C=O) groups is 1. The van der Waals surface area contributed by atoms with Gasteiger partial charge in [0.1, 0.15) is 17.6 Å². The summed E-state index contributed by atoms with van der Waals surface area (Å²) in [6.45, 7) is 0. The monoisotopic (exact) mass is 508 g/mol. The van der Waals surface area contributed by atoms with E-state index in [1.807, 2.05) is 60.7 Å². The van der Waals surface area contributed by atoms with E-state index in [2.05, 4.69) is 22.3 Å². The first-order valence-electron chi connectivity index (χ1n) is 9.60. The fourth-order valence-electron chi connectivity index (χ4n) is 3.13. The number of nitrogens with one attached hydrogen (secondary N) is 1. The number of nitrogens with zero attached hydrogens (tertiary/aromatic N) is 2. The minimum absolute atomic E-state index is 0. The van der Waals surface area contributed by atoms with Gasteiger partial charge in [0.2, 0.25) is 0 Å². The molecule has 2 aliphatic rings. The summed E-state index contributed by atoms with van der Waals surface area (Å²) in [7, 11) is 0. The standard InChI is InChI=1S/C19H15N3O2.C6H5.Cd/c23-15-8-6-13(7-9-15)10-16-19(24)22-12-17(20-11-18(22)21-16)14-4-2-1-3-5-14;1-2-4-6-5-3-1;/h1-9,12,16,20,23H,10H2;1-5H;/q;-1;+2. The number of carbonyl (C=O) groups excluding carboxylic acids is 1. The fraction of sp³-hybridized carbons (Fsp3) is 0.0800. The van der Waals surface area contributed by atoms with Gasteiger partial charge >= 0.3 is 27.3 Å². The van der Waals surface area contributed by atoms with Crippen LogP contribution in [0.5, 0.6) is 5.75 Å². The van der Waals surface area contributed by atoms with Crippen molar-refractivity contribution < 1.29 is 42.2 Å². The van der Waals surface area contributed by atoms with E-state index in [4.69, 9.17) is 0 Å². The number of benzene rings is 3. The predicted molar refractivity (Wildman–Crippen MR) is 116 cm³/mol. The summed E-state index contributed by atoms with van der Waals surface area (Å²) in [4.78, 5) is 21.7. The summed E-state index contributed by atoms with van der Waals surface area (Å²) in [6, 6.07) is 28.6. The normalized spacial score (nSPS) is 16.3. The van der Waals surface area contributed by atoms with Crippen molar-refractivity contribution in [1.29, 1.82) is 0 Å². The Bertz CT molecular complexity index is 1070. The van der Waals surface area contributed by atoms with Gasteiger partial charge in [-0.3, -0.25) is 14.7 Å². The average Bonchev–Trinajstić information content (AvgIpc) is 3.12. The van der Waals surface area contributed by atoms with Gasteiger partial charge in [0.15, 0.2) is 0 Å². The second kappa shape index (κ2) is 10.8. The molecule has 5 nitrogen and oxygen atoms in total. The van der Waals surface area contributed by atoms with E-state index in [0.717, 1.165) is 16.8 Å². The van der Waals surface area contributed by atoms with Crippen LogP contribution in [0.25, 0.3) is 5.70 Å². The third-order valence-electron chi connectivity index (χ3n) is 4.65. The molecular weight excluding hydrogens is 487 g/mol. The number of amides is 1. The zero-order valence-electron chi connectivity index (χ0n) is 16.9. The van der Waals surface area contributed by atoms with Crippen molar-refractivity contribution in [1.82, 2.24) is 4.90 Å². The van der Waals surface area contributed by atoms with Gasteiger partial charge in [0.05, 0.1) is 11.9 Å². The molecule has 0 bridgehead atoms. The minimum Gasteiger partial charge on any atom is -0.508 e. The molecule has 6 heteroatoms. The minimum atomic E-state index is -0.467. The molecule has 1 atom stereocenters. The Morgan fingerprint density at radius 1 is 0.968 bits per heavy atom. The van der Waals surface area contributed by atoms with E-state index >= 15 is 0 Å². The zero-order chi connectivity index (χ0) is 20.8. The van der Waals surface area contributed by atoms with Crippen molar-refractivity contribution in [3.63, 3.8) is 0 Å². The number of aromatic hydroxyl groups is 1. The van der Waals surface area contributed by atoms with Gasteiger partial charge in [-0.05, 0) is 23.3 Å². The summed E-state index contributed by atoms with van der Waals surface area (Å²) in [6.07, 6.45) is 5.24. The van der Waals surface area contributed by atoms with Gasteiger partial charge < -0.3 is 10.1 Å². The third kappa shape index (κ3) is 5.76. The quantitative estimate of drug-likeness (QED) is 0.422. The van der Waals surface area contributed by atoms with Gasteiger partial charge in [0, 0.05) is 12.6 Å². The SMILES string of the molecule is O=C1C(Cc2ccc(O)cc2)N=C2[C-]=[NH+]C(c3ccccc3)=CN12.[Cd+2].[c-]1ccccc1. The molecule has 1 amide bonds. The van der Waals surface area contributed by atoms with Crippen LogP contribution in [0, 0.1) is 6.07 Å². The van der Waals surface area contributed by atoms with Gasteiger partial charge in [-0.1, -0.05) is 42.5 Å². The Morgan fingerprint density at radius 3 is 2.26 bits per heavy atom. The Hall–Kier alpha value is -3.07. The van der Waals surface area contributed by atoms with Crippen molar-refractivity contribution in [3.8, 4) is 5.75 Å². The maximum Gasteiger partial charge on any atom is 2.00 e. The van der Waals surface area contributed by atoms with Crippen LogP contribution in [-0.2, 0) is 38.5 Å². The van der Waals surface area contributed by atoms with Crippen molar-refractivity contribution in [3.05, 3.63) is 108 Å². The van der Waals surface area contributed by atoms with Gasteiger partial charge in [-0.25, -0.2) is 0 Å². The summed E-state index contributed by atoms with van der Waals surface area (Å²) < 4.78 is 0. The molecule has 0 saturated carbocycles. The van der Waals surface area contributed by atoms with E-state index in [9.17, 15) is 9.90 Å². The number of phenols is 1. The number of aliphatic imine (C=N–C) groups is 1. The van der Waals surface area contributed by atoms with Crippen LogP contribution in [0.1, 0.15) is 11.1 Å². The molecule has 0 radical (unpaired) electrons. The molecule has 2 N–H and O–H groups in total. The number of hydrogen-bond acceptors (Lipinski definition) is 3. The van der Waals surface area contributed by atoms with Crippen molar-refractivity contribution in [2.75, 3.05) is 0 Å². The summed E-state index contributed by atoms with van der Waals surface area (Å²) in [5.74, 6) is 0.644. The maximum absolute atomic E-state index is 12.6. The number of hydrogen-bond donors (Lipinski definition) is 2. The molecule has 0 aliphatic carbocycles. The summed E-state index contributed by atoms with van der Waals surface area (Å²) >= 11 is 0. The molecule has 148 valence electrons. The fourth-order valence-corrected chi connectivity index (χ4v) is 3.13. The van der Waals surface area contributed by atoms with Gasteiger partial charge in [0.25, 0.3) is 5.91 Å². The Kier molecular flexibility index (Phi) is 7.89. The number of phenolic OH excluding ortho intramolecular Hbond substituents is 1. The number of rotatable bonds is 3. The maximum atomic E-state index is 12.6. The van der Waals surface area contributed by atoms with E-state index < -0.39 is 6.04 Å². The van der Waals surface area contributed by atoms with Crippen LogP contribution in [0.4, 0.5) is 0 Å². The number of amidine groups is 1.